The minimum atomic E-state index is -3.06. The van der Waals surface area contributed by atoms with Crippen LogP contribution in [0.4, 0.5) is 11.6 Å². The Bertz CT molecular complexity index is 1090. The van der Waals surface area contributed by atoms with E-state index in [1.807, 2.05) is 18.0 Å². The van der Waals surface area contributed by atoms with Crippen LogP contribution in [0.5, 0.6) is 0 Å². The minimum absolute atomic E-state index is 0.336. The van der Waals surface area contributed by atoms with Crippen LogP contribution in [0.2, 0.25) is 0 Å². The van der Waals surface area contributed by atoms with E-state index in [9.17, 15) is 8.42 Å². The average molecular weight is 373 g/mol. The molecule has 4 rings (SSSR count). The highest BCUT2D eigenvalue weighted by Crippen LogP contribution is 2.30. The van der Waals surface area contributed by atoms with E-state index in [-0.39, 0.29) is 5.25 Å². The lowest BCUT2D eigenvalue weighted by Crippen LogP contribution is -2.26. The maximum absolute atomic E-state index is 11.8. The Labute approximate surface area is 150 Å². The number of fused-ring (bicyclic) bond motifs is 1. The highest BCUT2D eigenvalue weighted by molar-refractivity contribution is 7.91. The van der Waals surface area contributed by atoms with Crippen LogP contribution in [0.1, 0.15) is 12.0 Å². The molecule has 1 saturated heterocycles. The van der Waals surface area contributed by atoms with Gasteiger partial charge in [-0.2, -0.15) is 0 Å². The summed E-state index contributed by atoms with van der Waals surface area (Å²) in [5, 5.41) is 3.93. The third kappa shape index (κ3) is 2.85. The molecule has 10 heteroatoms. The van der Waals surface area contributed by atoms with Crippen LogP contribution in [0.3, 0.4) is 0 Å². The first-order valence-electron chi connectivity index (χ1n) is 8.19. The monoisotopic (exact) mass is 373 g/mol. The van der Waals surface area contributed by atoms with Gasteiger partial charge in [-0.15, -0.1) is 5.10 Å². The van der Waals surface area contributed by atoms with Crippen LogP contribution >= 0.6 is 0 Å². The molecule has 26 heavy (non-hydrogen) atoms. The van der Waals surface area contributed by atoms with Gasteiger partial charge in [-0.3, -0.25) is 0 Å². The second kappa shape index (κ2) is 5.90. The molecule has 0 aliphatic carbocycles. The number of nitrogen functional groups attached to an aromatic ring is 1. The summed E-state index contributed by atoms with van der Waals surface area (Å²) in [6, 6.07) is 1.81. The number of aryl methyl sites for hydroxylation is 1. The number of nitrogens with zero attached hydrogens (tertiary/aromatic N) is 6. The predicted molar refractivity (Wildman–Crippen MR) is 98.6 cm³/mol. The molecule has 3 aromatic heterocycles. The summed E-state index contributed by atoms with van der Waals surface area (Å²) in [5.74, 6) is 1.01. The van der Waals surface area contributed by atoms with Crippen LogP contribution in [0.25, 0.3) is 16.9 Å². The first-order valence-corrected chi connectivity index (χ1v) is 10.1. The molecule has 0 bridgehead atoms. The van der Waals surface area contributed by atoms with E-state index in [4.69, 9.17) is 5.73 Å². The molecule has 0 aromatic carbocycles. The Morgan fingerprint density at radius 3 is 2.81 bits per heavy atom. The highest BCUT2D eigenvalue weighted by Gasteiger charge is 2.31. The Balaban J connectivity index is 1.72. The van der Waals surface area contributed by atoms with Crippen molar-refractivity contribution in [1.29, 1.82) is 0 Å². The molecule has 9 nitrogen and oxygen atoms in total. The SMILES string of the molecule is Cc1cnc2c(-c3cc(N4CCC(S(C)(=O)=O)C4)ncn3)c(N)nn2c1. The van der Waals surface area contributed by atoms with Crippen molar-refractivity contribution in [3.63, 3.8) is 0 Å². The minimum Gasteiger partial charge on any atom is -0.382 e. The molecule has 4 heterocycles. The molecular weight excluding hydrogens is 354 g/mol. The third-order valence-corrected chi connectivity index (χ3v) is 6.21. The summed E-state index contributed by atoms with van der Waals surface area (Å²) in [6.45, 7) is 2.99. The van der Waals surface area contributed by atoms with Crippen LogP contribution in [0, 0.1) is 6.92 Å². The first kappa shape index (κ1) is 16.7. The summed E-state index contributed by atoms with van der Waals surface area (Å²) >= 11 is 0. The molecule has 1 atom stereocenters. The van der Waals surface area contributed by atoms with Gasteiger partial charge in [0.05, 0.1) is 16.5 Å². The highest BCUT2D eigenvalue weighted by atomic mass is 32.2. The van der Waals surface area contributed by atoms with Crippen molar-refractivity contribution in [3.8, 4) is 11.3 Å². The van der Waals surface area contributed by atoms with Gasteiger partial charge >= 0.3 is 0 Å². The molecular formula is C16H19N7O2S. The maximum atomic E-state index is 11.8. The zero-order valence-electron chi connectivity index (χ0n) is 14.5. The Morgan fingerprint density at radius 2 is 2.08 bits per heavy atom. The predicted octanol–water partition coefficient (Wildman–Crippen LogP) is 0.700. The number of rotatable bonds is 3. The second-order valence-electron chi connectivity index (χ2n) is 6.61. The molecule has 0 amide bonds. The van der Waals surface area contributed by atoms with Gasteiger partial charge in [0.1, 0.15) is 12.1 Å². The molecule has 0 spiro atoms. The van der Waals surface area contributed by atoms with Gasteiger partial charge in [0.25, 0.3) is 0 Å². The summed E-state index contributed by atoms with van der Waals surface area (Å²) in [5.41, 5.74) is 8.94. The topological polar surface area (TPSA) is 119 Å². The summed E-state index contributed by atoms with van der Waals surface area (Å²) in [7, 11) is -3.06. The number of hydrogen-bond acceptors (Lipinski definition) is 8. The number of hydrogen-bond donors (Lipinski definition) is 1. The molecule has 3 aromatic rings. The third-order valence-electron chi connectivity index (χ3n) is 4.61. The maximum Gasteiger partial charge on any atom is 0.166 e. The molecule has 2 N–H and O–H groups in total. The van der Waals surface area contributed by atoms with E-state index in [2.05, 4.69) is 20.1 Å². The molecule has 1 unspecified atom stereocenters. The van der Waals surface area contributed by atoms with Gasteiger partial charge < -0.3 is 10.6 Å². The van der Waals surface area contributed by atoms with Crippen LogP contribution in [-0.2, 0) is 9.84 Å². The smallest absolute Gasteiger partial charge is 0.166 e. The average Bonchev–Trinajstić information content (AvgIpc) is 3.18. The van der Waals surface area contributed by atoms with Crippen molar-refractivity contribution in [2.24, 2.45) is 0 Å². The second-order valence-corrected chi connectivity index (χ2v) is 8.93. The standard InChI is InChI=1S/C16H19N7O2S/c1-10-6-18-16-14(15(17)21-23(16)7-10)12-5-13(20-9-19-12)22-4-3-11(8-22)26(2,24)25/h5-7,9,11H,3-4,8H2,1-2H3,(H2,17,21). The Hall–Kier alpha value is -2.75. The largest absolute Gasteiger partial charge is 0.382 e. The lowest BCUT2D eigenvalue weighted by Gasteiger charge is -2.17. The molecule has 1 aliphatic heterocycles. The zero-order chi connectivity index (χ0) is 18.5. The van der Waals surface area contributed by atoms with Crippen molar-refractivity contribution >= 4 is 27.1 Å². The van der Waals surface area contributed by atoms with Crippen molar-refractivity contribution in [2.45, 2.75) is 18.6 Å². The first-order chi connectivity index (χ1) is 12.3. The van der Waals surface area contributed by atoms with Crippen molar-refractivity contribution < 1.29 is 8.42 Å². The van der Waals surface area contributed by atoms with E-state index in [1.165, 1.54) is 12.6 Å². The molecule has 136 valence electrons. The van der Waals surface area contributed by atoms with Gasteiger partial charge in [0.15, 0.2) is 21.3 Å². The number of sulfone groups is 1. The van der Waals surface area contributed by atoms with Crippen molar-refractivity contribution in [2.75, 3.05) is 30.0 Å². The van der Waals surface area contributed by atoms with Gasteiger partial charge in [-0.1, -0.05) is 0 Å². The fraction of sp³-hybridized carbons (Fsp3) is 0.375. The van der Waals surface area contributed by atoms with Gasteiger partial charge in [-0.25, -0.2) is 27.9 Å². The van der Waals surface area contributed by atoms with Crippen LogP contribution in [0.15, 0.2) is 24.8 Å². The normalized spacial score (nSPS) is 17.9. The lowest BCUT2D eigenvalue weighted by atomic mass is 10.2. The summed E-state index contributed by atoms with van der Waals surface area (Å²) < 4.78 is 25.2. The zero-order valence-corrected chi connectivity index (χ0v) is 15.3. The Kier molecular flexibility index (Phi) is 3.79. The molecule has 1 aliphatic rings. The Morgan fingerprint density at radius 1 is 1.27 bits per heavy atom. The van der Waals surface area contributed by atoms with Gasteiger partial charge in [0, 0.05) is 37.8 Å². The fourth-order valence-corrected chi connectivity index (χ4v) is 4.22. The van der Waals surface area contributed by atoms with Crippen LogP contribution in [-0.4, -0.2) is 57.6 Å². The number of nitrogens with two attached hydrogens (primary N) is 1. The van der Waals surface area contributed by atoms with Crippen LogP contribution < -0.4 is 10.6 Å². The fourth-order valence-electron chi connectivity index (χ4n) is 3.23. The summed E-state index contributed by atoms with van der Waals surface area (Å²) in [4.78, 5) is 15.0. The number of anilines is 2. The van der Waals surface area contributed by atoms with E-state index in [0.717, 1.165) is 5.56 Å². The quantitative estimate of drug-likeness (QED) is 0.712. The van der Waals surface area contributed by atoms with E-state index in [1.54, 1.807) is 16.8 Å². The van der Waals surface area contributed by atoms with Crippen molar-refractivity contribution in [1.82, 2.24) is 24.6 Å². The molecule has 0 radical (unpaired) electrons. The van der Waals surface area contributed by atoms with E-state index < -0.39 is 9.84 Å². The van der Waals surface area contributed by atoms with Gasteiger partial charge in [0.2, 0.25) is 0 Å². The molecule has 1 fully saturated rings. The van der Waals surface area contributed by atoms with E-state index >= 15 is 0 Å². The summed E-state index contributed by atoms with van der Waals surface area (Å²) in [6.07, 6.45) is 6.92. The van der Waals surface area contributed by atoms with Gasteiger partial charge in [-0.05, 0) is 18.9 Å². The lowest BCUT2D eigenvalue weighted by molar-refractivity contribution is 0.589. The van der Waals surface area contributed by atoms with Crippen molar-refractivity contribution in [3.05, 3.63) is 30.4 Å². The number of aromatic nitrogens is 5. The van der Waals surface area contributed by atoms with E-state index in [0.29, 0.717) is 48.1 Å². The molecule has 0 saturated carbocycles.